The Morgan fingerprint density at radius 3 is 2.13 bits per heavy atom. The van der Waals surface area contributed by atoms with Gasteiger partial charge in [0.1, 0.15) is 22.1 Å². The van der Waals surface area contributed by atoms with Crippen LogP contribution in [0.15, 0.2) is 126 Å². The van der Waals surface area contributed by atoms with Gasteiger partial charge in [-0.25, -0.2) is 13.2 Å². The van der Waals surface area contributed by atoms with Gasteiger partial charge >= 0.3 is 6.03 Å². The Bertz CT molecular complexity index is 2030. The second-order valence-electron chi connectivity index (χ2n) is 11.3. The highest BCUT2D eigenvalue weighted by molar-refractivity contribution is 7.90. The number of sulfone groups is 1. The van der Waals surface area contributed by atoms with Crippen LogP contribution < -0.4 is 19.3 Å². The standard InChI is InChI=1S/C38H34N2O6S/c1-27(41)29-10-7-11-30(24-29)31-15-20-36(45-2)37(25-31)47(43,44)26-28-9-6-12-33(23-28)40-22-8-21-39(38(40)42)32-16-18-35(19-17-32)46-34-13-4-3-5-14-34/h3-7,9-20,23-25H,8,21-22,26H2,1-2H3. The molecule has 6 rings (SSSR count). The minimum atomic E-state index is -3.87. The molecule has 8 nitrogen and oxygen atoms in total. The molecule has 0 bridgehead atoms. The average molecular weight is 647 g/mol. The first kappa shape index (κ1) is 31.6. The molecule has 0 aromatic heterocycles. The van der Waals surface area contributed by atoms with Crippen LogP contribution in [0.1, 0.15) is 29.3 Å². The summed E-state index contributed by atoms with van der Waals surface area (Å²) in [4.78, 5) is 29.1. The number of ether oxygens (including phenoxy) is 2. The second kappa shape index (κ2) is 13.5. The quantitative estimate of drug-likeness (QED) is 0.142. The maximum absolute atomic E-state index is 13.8. The van der Waals surface area contributed by atoms with E-state index >= 15 is 0 Å². The Labute approximate surface area is 274 Å². The van der Waals surface area contributed by atoms with Crippen molar-refractivity contribution in [2.45, 2.75) is 24.0 Å². The van der Waals surface area contributed by atoms with Crippen molar-refractivity contribution in [1.82, 2.24) is 0 Å². The number of urea groups is 1. The molecule has 5 aromatic rings. The van der Waals surface area contributed by atoms with Gasteiger partial charge in [-0.2, -0.15) is 0 Å². The summed E-state index contributed by atoms with van der Waals surface area (Å²) in [6.07, 6.45) is 0.741. The van der Waals surface area contributed by atoms with E-state index in [1.54, 1.807) is 64.4 Å². The SMILES string of the molecule is COc1ccc(-c2cccc(C(C)=O)c2)cc1S(=O)(=O)Cc1cccc(N2CCCN(c3ccc(Oc4ccccc4)cc3)C2=O)c1. The van der Waals surface area contributed by atoms with E-state index in [1.165, 1.54) is 14.0 Å². The summed E-state index contributed by atoms with van der Waals surface area (Å²) in [6, 6.07) is 35.8. The number of methoxy groups -OCH3 is 1. The molecule has 9 heteroatoms. The summed E-state index contributed by atoms with van der Waals surface area (Å²) in [5, 5.41) is 0. The van der Waals surface area contributed by atoms with Crippen LogP contribution in [0.2, 0.25) is 0 Å². The number of amides is 2. The van der Waals surface area contributed by atoms with Crippen LogP contribution in [0, 0.1) is 0 Å². The van der Waals surface area contributed by atoms with Crippen molar-refractivity contribution < 1.29 is 27.5 Å². The Hall–Kier alpha value is -5.41. The van der Waals surface area contributed by atoms with Crippen molar-refractivity contribution >= 4 is 33.0 Å². The summed E-state index contributed by atoms with van der Waals surface area (Å²) >= 11 is 0. The molecule has 1 aliphatic heterocycles. The van der Waals surface area contributed by atoms with E-state index < -0.39 is 9.84 Å². The van der Waals surface area contributed by atoms with Crippen molar-refractivity contribution in [3.05, 3.63) is 132 Å². The third-order valence-electron chi connectivity index (χ3n) is 8.03. The predicted octanol–water partition coefficient (Wildman–Crippen LogP) is 8.17. The molecule has 2 amide bonds. The molecule has 0 unspecified atom stereocenters. The van der Waals surface area contributed by atoms with Crippen LogP contribution in [0.5, 0.6) is 17.2 Å². The summed E-state index contributed by atoms with van der Waals surface area (Å²) < 4.78 is 39.0. The number of carbonyl (C=O) groups excluding carboxylic acids is 2. The molecule has 0 N–H and O–H groups in total. The fourth-order valence-electron chi connectivity index (χ4n) is 5.65. The number of hydrogen-bond acceptors (Lipinski definition) is 6. The molecule has 1 saturated heterocycles. The maximum atomic E-state index is 13.8. The molecule has 0 atom stereocenters. The lowest BCUT2D eigenvalue weighted by molar-refractivity contribution is 0.101. The lowest BCUT2D eigenvalue weighted by Crippen LogP contribution is -2.49. The van der Waals surface area contributed by atoms with Crippen molar-refractivity contribution in [2.24, 2.45) is 0 Å². The fraction of sp³-hybridized carbons (Fsp3) is 0.158. The summed E-state index contributed by atoms with van der Waals surface area (Å²) in [5.41, 5.74) is 3.84. The van der Waals surface area contributed by atoms with Crippen molar-refractivity contribution in [3.63, 3.8) is 0 Å². The third-order valence-corrected chi connectivity index (χ3v) is 9.74. The first-order valence-corrected chi connectivity index (χ1v) is 16.9. The van der Waals surface area contributed by atoms with Gasteiger partial charge in [0.25, 0.3) is 0 Å². The van der Waals surface area contributed by atoms with Gasteiger partial charge in [0.15, 0.2) is 15.6 Å². The third kappa shape index (κ3) is 7.05. The fourth-order valence-corrected chi connectivity index (χ4v) is 7.19. The van der Waals surface area contributed by atoms with Gasteiger partial charge in [-0.05, 0) is 96.8 Å². The monoisotopic (exact) mass is 646 g/mol. The van der Waals surface area contributed by atoms with Crippen LogP contribution in [0.4, 0.5) is 16.2 Å². The van der Waals surface area contributed by atoms with E-state index in [4.69, 9.17) is 9.47 Å². The normalized spacial score (nSPS) is 13.4. The average Bonchev–Trinajstić information content (AvgIpc) is 3.09. The zero-order chi connectivity index (χ0) is 33.0. The highest BCUT2D eigenvalue weighted by Gasteiger charge is 2.29. The molecule has 1 heterocycles. The number of para-hydroxylation sites is 1. The van der Waals surface area contributed by atoms with Crippen molar-refractivity contribution in [1.29, 1.82) is 0 Å². The molecular formula is C38H34N2O6S. The highest BCUT2D eigenvalue weighted by atomic mass is 32.2. The first-order valence-electron chi connectivity index (χ1n) is 15.2. The molecule has 238 valence electrons. The maximum Gasteiger partial charge on any atom is 0.328 e. The zero-order valence-corrected chi connectivity index (χ0v) is 26.9. The number of benzene rings is 5. The van der Waals surface area contributed by atoms with Gasteiger partial charge in [0.2, 0.25) is 0 Å². The van der Waals surface area contributed by atoms with Crippen molar-refractivity contribution in [3.8, 4) is 28.4 Å². The van der Waals surface area contributed by atoms with Gasteiger partial charge in [-0.1, -0.05) is 54.6 Å². The van der Waals surface area contributed by atoms with E-state index in [9.17, 15) is 18.0 Å². The Balaban J connectivity index is 1.21. The van der Waals surface area contributed by atoms with Crippen LogP contribution in [0.3, 0.4) is 0 Å². The van der Waals surface area contributed by atoms with Crippen LogP contribution >= 0.6 is 0 Å². The second-order valence-corrected chi connectivity index (χ2v) is 13.2. The smallest absolute Gasteiger partial charge is 0.328 e. The topological polar surface area (TPSA) is 93.2 Å². The minimum Gasteiger partial charge on any atom is -0.495 e. The molecule has 5 aromatic carbocycles. The number of nitrogens with zero attached hydrogens (tertiary/aromatic N) is 2. The van der Waals surface area contributed by atoms with Gasteiger partial charge in [-0.15, -0.1) is 0 Å². The van der Waals surface area contributed by atoms with E-state index in [2.05, 4.69) is 0 Å². The molecule has 0 radical (unpaired) electrons. The number of anilines is 2. The molecular weight excluding hydrogens is 612 g/mol. The largest absolute Gasteiger partial charge is 0.495 e. The lowest BCUT2D eigenvalue weighted by Gasteiger charge is -2.35. The van der Waals surface area contributed by atoms with E-state index in [0.717, 1.165) is 23.4 Å². The van der Waals surface area contributed by atoms with Gasteiger partial charge in [0.05, 0.1) is 12.9 Å². The Morgan fingerprint density at radius 1 is 0.723 bits per heavy atom. The number of ketones is 1. The number of Topliss-reactive ketones (excluding diaryl/α,β-unsaturated/α-hetero) is 1. The summed E-state index contributed by atoms with van der Waals surface area (Å²) in [6.45, 7) is 2.57. The van der Waals surface area contributed by atoms with E-state index in [-0.39, 0.29) is 28.2 Å². The molecule has 0 aliphatic carbocycles. The number of carbonyl (C=O) groups is 2. The van der Waals surface area contributed by atoms with Gasteiger partial charge < -0.3 is 9.47 Å². The Kier molecular flexibility index (Phi) is 9.08. The van der Waals surface area contributed by atoms with E-state index in [0.29, 0.717) is 41.2 Å². The van der Waals surface area contributed by atoms with Gasteiger partial charge in [-0.3, -0.25) is 14.6 Å². The first-order chi connectivity index (χ1) is 22.7. The van der Waals surface area contributed by atoms with E-state index in [1.807, 2.05) is 66.7 Å². The van der Waals surface area contributed by atoms with Crippen LogP contribution in [-0.4, -0.2) is 40.4 Å². The number of rotatable bonds is 10. The predicted molar refractivity (Wildman–Crippen MR) is 183 cm³/mol. The number of hydrogen-bond donors (Lipinski definition) is 0. The summed E-state index contributed by atoms with van der Waals surface area (Å²) in [5.74, 6) is 1.27. The zero-order valence-electron chi connectivity index (χ0n) is 26.1. The molecule has 0 saturated carbocycles. The lowest BCUT2D eigenvalue weighted by atomic mass is 10.0. The molecule has 47 heavy (non-hydrogen) atoms. The Morgan fingerprint density at radius 2 is 1.40 bits per heavy atom. The van der Waals surface area contributed by atoms with Gasteiger partial charge in [0, 0.05) is 30.0 Å². The highest BCUT2D eigenvalue weighted by Crippen LogP contribution is 2.34. The molecule has 1 aliphatic rings. The molecule has 1 fully saturated rings. The molecule has 0 spiro atoms. The van der Waals surface area contributed by atoms with Crippen LogP contribution in [-0.2, 0) is 15.6 Å². The summed E-state index contributed by atoms with van der Waals surface area (Å²) in [7, 11) is -2.44. The van der Waals surface area contributed by atoms with Crippen LogP contribution in [0.25, 0.3) is 11.1 Å². The van der Waals surface area contributed by atoms with Crippen molar-refractivity contribution in [2.75, 3.05) is 30.0 Å². The minimum absolute atomic E-state index is 0.0519.